The van der Waals surface area contributed by atoms with Crippen LogP contribution in [0.4, 0.5) is 36.8 Å². The molecular formula is C24H19Cl2F6N3O4. The van der Waals surface area contributed by atoms with Crippen molar-refractivity contribution in [2.75, 3.05) is 18.5 Å². The van der Waals surface area contributed by atoms with Crippen molar-refractivity contribution >= 4 is 46.6 Å². The van der Waals surface area contributed by atoms with Crippen LogP contribution in [-0.4, -0.2) is 42.2 Å². The second-order valence-electron chi connectivity index (χ2n) is 8.20. The lowest BCUT2D eigenvalue weighted by Crippen LogP contribution is -2.45. The van der Waals surface area contributed by atoms with E-state index in [9.17, 15) is 35.9 Å². The van der Waals surface area contributed by atoms with E-state index in [0.717, 1.165) is 41.4 Å². The first kappa shape index (κ1) is 30.1. The highest BCUT2D eigenvalue weighted by molar-refractivity contribution is 6.32. The van der Waals surface area contributed by atoms with Crippen molar-refractivity contribution in [1.29, 1.82) is 0 Å². The molecule has 0 spiro atoms. The molecule has 0 saturated heterocycles. The number of carbonyl (C=O) groups is 2. The summed E-state index contributed by atoms with van der Waals surface area (Å²) < 4.78 is 85.9. The second-order valence-corrected chi connectivity index (χ2v) is 9.14. The average Bonchev–Trinajstić information content (AvgIpc) is 3.19. The molecule has 39 heavy (non-hydrogen) atoms. The molecule has 1 N–H and O–H groups in total. The number of allylic oxidation sites excluding steroid dienone is 1. The van der Waals surface area contributed by atoms with E-state index in [1.807, 2.05) is 0 Å². The minimum absolute atomic E-state index is 0.0112. The molecule has 3 rings (SSSR count). The number of hydrazone groups is 1. The third-order valence-electron chi connectivity index (χ3n) is 5.37. The van der Waals surface area contributed by atoms with Crippen molar-refractivity contribution in [1.82, 2.24) is 5.01 Å². The summed E-state index contributed by atoms with van der Waals surface area (Å²) in [5, 5.41) is 6.71. The van der Waals surface area contributed by atoms with Crippen molar-refractivity contribution in [2.24, 2.45) is 10.5 Å². The fraction of sp³-hybridized carbons (Fsp3) is 0.292. The minimum Gasteiger partial charge on any atom is -0.465 e. The highest BCUT2D eigenvalue weighted by Gasteiger charge is 2.52. The summed E-state index contributed by atoms with van der Waals surface area (Å²) in [5.41, 5.74) is -2.99. The van der Waals surface area contributed by atoms with Gasteiger partial charge < -0.3 is 14.8 Å². The first-order chi connectivity index (χ1) is 18.1. The molecule has 0 fully saturated rings. The van der Waals surface area contributed by atoms with Crippen LogP contribution in [0.15, 0.2) is 59.2 Å². The molecule has 1 heterocycles. The Labute approximate surface area is 227 Å². The van der Waals surface area contributed by atoms with E-state index < -0.39 is 52.8 Å². The summed E-state index contributed by atoms with van der Waals surface area (Å²) in [6, 6.07) is 5.98. The third-order valence-corrected chi connectivity index (χ3v) is 5.82. The standard InChI is InChI=1S/C24H19Cl2F6N3O4/c1-3-38-20(36)22(11-13(2)25)12-35(21(37)33-15-5-7-16(8-6-15)39-24(30,31)32)34-19(22)14-4-9-17(18(26)10-14)23(27,28)29/h4-10H,2-3,11-12H2,1H3,(H,33,37). The van der Waals surface area contributed by atoms with Crippen molar-refractivity contribution in [3.63, 3.8) is 0 Å². The van der Waals surface area contributed by atoms with Gasteiger partial charge in [-0.3, -0.25) is 4.79 Å². The maximum atomic E-state index is 13.2. The van der Waals surface area contributed by atoms with Gasteiger partial charge in [-0.05, 0) is 43.3 Å². The molecule has 2 aromatic rings. The number of esters is 1. The van der Waals surface area contributed by atoms with Gasteiger partial charge in [0.05, 0.1) is 29.4 Å². The molecule has 7 nitrogen and oxygen atoms in total. The van der Waals surface area contributed by atoms with E-state index in [0.29, 0.717) is 6.07 Å². The van der Waals surface area contributed by atoms with Gasteiger partial charge in [0.1, 0.15) is 11.2 Å². The van der Waals surface area contributed by atoms with Crippen LogP contribution in [0, 0.1) is 5.41 Å². The number of benzene rings is 2. The smallest absolute Gasteiger partial charge is 0.465 e. The Kier molecular flexibility index (Phi) is 8.75. The van der Waals surface area contributed by atoms with Crippen molar-refractivity contribution < 1.29 is 45.4 Å². The van der Waals surface area contributed by atoms with E-state index >= 15 is 0 Å². The van der Waals surface area contributed by atoms with Gasteiger partial charge in [-0.25, -0.2) is 9.80 Å². The number of hydrogen-bond acceptors (Lipinski definition) is 5. The number of ether oxygens (including phenoxy) is 2. The van der Waals surface area contributed by atoms with Crippen molar-refractivity contribution in [3.8, 4) is 5.75 Å². The monoisotopic (exact) mass is 597 g/mol. The number of rotatable bonds is 7. The van der Waals surface area contributed by atoms with Gasteiger partial charge in [-0.2, -0.15) is 18.3 Å². The number of halogens is 8. The lowest BCUT2D eigenvalue weighted by molar-refractivity contribution is -0.274. The van der Waals surface area contributed by atoms with E-state index in [4.69, 9.17) is 27.9 Å². The molecular weight excluding hydrogens is 579 g/mol. The largest absolute Gasteiger partial charge is 0.573 e. The molecule has 1 atom stereocenters. The van der Waals surface area contributed by atoms with Gasteiger partial charge in [0.15, 0.2) is 0 Å². The van der Waals surface area contributed by atoms with Gasteiger partial charge in [0.25, 0.3) is 0 Å². The first-order valence-electron chi connectivity index (χ1n) is 11.0. The summed E-state index contributed by atoms with van der Waals surface area (Å²) in [5.74, 6) is -1.39. The zero-order chi connectivity index (χ0) is 29.2. The number of carbonyl (C=O) groups excluding carboxylic acids is 2. The number of amides is 2. The Balaban J connectivity index is 2.00. The van der Waals surface area contributed by atoms with E-state index in [2.05, 4.69) is 21.7 Å². The van der Waals surface area contributed by atoms with Crippen LogP contribution in [0.1, 0.15) is 24.5 Å². The topological polar surface area (TPSA) is 80.2 Å². The second kappa shape index (κ2) is 11.3. The average molecular weight is 598 g/mol. The molecule has 0 saturated carbocycles. The van der Waals surface area contributed by atoms with Crippen LogP contribution in [0.3, 0.4) is 0 Å². The van der Waals surface area contributed by atoms with Crippen molar-refractivity contribution in [3.05, 3.63) is 70.2 Å². The molecule has 0 aliphatic carbocycles. The number of anilines is 1. The molecule has 0 radical (unpaired) electrons. The van der Waals surface area contributed by atoms with Crippen LogP contribution in [-0.2, 0) is 15.7 Å². The zero-order valence-corrected chi connectivity index (χ0v) is 21.4. The molecule has 0 aromatic heterocycles. The molecule has 1 aliphatic rings. The van der Waals surface area contributed by atoms with Gasteiger partial charge in [0.2, 0.25) is 0 Å². The number of alkyl halides is 6. The Morgan fingerprint density at radius 1 is 1.13 bits per heavy atom. The van der Waals surface area contributed by atoms with Crippen LogP contribution in [0.5, 0.6) is 5.75 Å². The fourth-order valence-corrected chi connectivity index (χ4v) is 4.34. The van der Waals surface area contributed by atoms with Crippen molar-refractivity contribution in [2.45, 2.75) is 25.9 Å². The molecule has 1 aliphatic heterocycles. The molecule has 15 heteroatoms. The normalized spacial score (nSPS) is 17.5. The highest BCUT2D eigenvalue weighted by Crippen LogP contribution is 2.42. The van der Waals surface area contributed by atoms with Crippen LogP contribution < -0.4 is 10.1 Å². The third kappa shape index (κ3) is 7.15. The van der Waals surface area contributed by atoms with Gasteiger partial charge >= 0.3 is 24.5 Å². The molecule has 0 bridgehead atoms. The summed E-state index contributed by atoms with van der Waals surface area (Å²) in [4.78, 5) is 26.2. The summed E-state index contributed by atoms with van der Waals surface area (Å²) in [7, 11) is 0. The first-order valence-corrected chi connectivity index (χ1v) is 11.7. The minimum atomic E-state index is -4.91. The molecule has 210 valence electrons. The maximum Gasteiger partial charge on any atom is 0.573 e. The summed E-state index contributed by atoms with van der Waals surface area (Å²) >= 11 is 11.9. The van der Waals surface area contributed by atoms with E-state index in [-0.39, 0.29) is 35.0 Å². The van der Waals surface area contributed by atoms with Crippen LogP contribution >= 0.6 is 23.2 Å². The number of nitrogens with one attached hydrogen (secondary N) is 1. The predicted octanol–water partition coefficient (Wildman–Crippen LogP) is 7.20. The SMILES string of the molecule is C=C(Cl)CC1(C(=O)OCC)CN(C(=O)Nc2ccc(OC(F)(F)F)cc2)N=C1c1ccc(C(F)(F)F)c(Cl)c1. The highest BCUT2D eigenvalue weighted by atomic mass is 35.5. The van der Waals surface area contributed by atoms with Gasteiger partial charge in [0, 0.05) is 22.7 Å². The lowest BCUT2D eigenvalue weighted by atomic mass is 9.77. The maximum absolute atomic E-state index is 13.2. The predicted molar refractivity (Wildman–Crippen MR) is 131 cm³/mol. The number of hydrogen-bond donors (Lipinski definition) is 1. The van der Waals surface area contributed by atoms with E-state index in [1.54, 1.807) is 0 Å². The number of nitrogens with zero attached hydrogens (tertiary/aromatic N) is 2. The Morgan fingerprint density at radius 3 is 2.28 bits per heavy atom. The molecule has 1 unspecified atom stereocenters. The van der Waals surface area contributed by atoms with Crippen LogP contribution in [0.25, 0.3) is 0 Å². The number of urea groups is 1. The Morgan fingerprint density at radius 2 is 1.77 bits per heavy atom. The molecule has 2 aromatic carbocycles. The Bertz CT molecular complexity index is 1300. The lowest BCUT2D eigenvalue weighted by Gasteiger charge is -2.28. The van der Waals surface area contributed by atoms with Gasteiger partial charge in [-0.15, -0.1) is 13.2 Å². The Hall–Kier alpha value is -3.45. The fourth-order valence-electron chi connectivity index (χ4n) is 3.82. The molecule has 2 amide bonds. The van der Waals surface area contributed by atoms with Gasteiger partial charge in [-0.1, -0.05) is 35.8 Å². The summed E-state index contributed by atoms with van der Waals surface area (Å²) in [6.07, 6.45) is -9.95. The quantitative estimate of drug-likeness (QED) is 0.270. The summed E-state index contributed by atoms with van der Waals surface area (Å²) in [6.45, 7) is 4.59. The zero-order valence-electron chi connectivity index (χ0n) is 19.9. The van der Waals surface area contributed by atoms with Crippen LogP contribution in [0.2, 0.25) is 5.02 Å². The van der Waals surface area contributed by atoms with E-state index in [1.165, 1.54) is 6.92 Å².